The first-order valence-electron chi connectivity index (χ1n) is 9.59. The number of amides is 2. The molecule has 6 nitrogen and oxygen atoms in total. The second-order valence-corrected chi connectivity index (χ2v) is 7.90. The lowest BCUT2D eigenvalue weighted by Crippen LogP contribution is -2.52. The van der Waals surface area contributed by atoms with Gasteiger partial charge in [-0.3, -0.25) is 9.59 Å². The number of benzene rings is 1. The van der Waals surface area contributed by atoms with Crippen molar-refractivity contribution in [2.24, 2.45) is 5.41 Å². The van der Waals surface area contributed by atoms with Crippen LogP contribution in [0.3, 0.4) is 0 Å². The number of nitrogens with zero attached hydrogens (tertiary/aromatic N) is 3. The maximum absolute atomic E-state index is 13.0. The molecule has 2 aliphatic heterocycles. The second-order valence-electron chi connectivity index (χ2n) is 7.90. The van der Waals surface area contributed by atoms with Crippen molar-refractivity contribution in [3.63, 3.8) is 0 Å². The standard InChI is InChI=1S/C21H25N3O3/c1-15(2)24-10-3-8-21(20(24)26)9-11-23(13-21)19(25)17-6-4-16(5-7-17)18-12-22-14-27-18/h4-7,12,14-15H,3,8-11,13H2,1-2H3/t21-/m0/s1. The molecule has 1 aromatic heterocycles. The van der Waals surface area contributed by atoms with E-state index >= 15 is 0 Å². The summed E-state index contributed by atoms with van der Waals surface area (Å²) in [6, 6.07) is 7.57. The molecule has 0 aliphatic carbocycles. The molecular formula is C21H25N3O3. The number of piperidine rings is 1. The predicted octanol–water partition coefficient (Wildman–Crippen LogP) is 3.20. The van der Waals surface area contributed by atoms with E-state index in [0.717, 1.165) is 31.4 Å². The van der Waals surface area contributed by atoms with Crippen LogP contribution in [0, 0.1) is 5.41 Å². The fourth-order valence-electron chi connectivity index (χ4n) is 4.34. The smallest absolute Gasteiger partial charge is 0.253 e. The molecule has 0 bridgehead atoms. The first kappa shape index (κ1) is 17.8. The van der Waals surface area contributed by atoms with Gasteiger partial charge in [0.15, 0.2) is 12.2 Å². The van der Waals surface area contributed by atoms with Crippen molar-refractivity contribution in [1.29, 1.82) is 0 Å². The number of rotatable bonds is 3. The summed E-state index contributed by atoms with van der Waals surface area (Å²) in [7, 11) is 0. The van der Waals surface area contributed by atoms with Crippen molar-refractivity contribution in [1.82, 2.24) is 14.8 Å². The number of oxazole rings is 1. The molecule has 0 N–H and O–H groups in total. The van der Waals surface area contributed by atoms with Crippen molar-refractivity contribution in [3.05, 3.63) is 42.4 Å². The molecule has 3 heterocycles. The number of likely N-dealkylation sites (tertiary alicyclic amines) is 2. The second kappa shape index (κ2) is 6.83. The SMILES string of the molecule is CC(C)N1CCC[C@@]2(CCN(C(=O)c3ccc(-c4cnco4)cc3)C2)C1=O. The van der Waals surface area contributed by atoms with Crippen LogP contribution in [0.5, 0.6) is 0 Å². The third-order valence-corrected chi connectivity index (χ3v) is 5.88. The van der Waals surface area contributed by atoms with Crippen molar-refractivity contribution in [2.75, 3.05) is 19.6 Å². The van der Waals surface area contributed by atoms with E-state index in [1.165, 1.54) is 6.39 Å². The van der Waals surface area contributed by atoms with Crippen LogP contribution < -0.4 is 0 Å². The zero-order chi connectivity index (χ0) is 19.0. The highest BCUT2D eigenvalue weighted by atomic mass is 16.3. The van der Waals surface area contributed by atoms with E-state index in [1.807, 2.05) is 34.1 Å². The molecule has 0 radical (unpaired) electrons. The topological polar surface area (TPSA) is 66.7 Å². The molecule has 1 spiro atoms. The Morgan fingerprint density at radius 3 is 2.63 bits per heavy atom. The van der Waals surface area contributed by atoms with Crippen LogP contribution >= 0.6 is 0 Å². The fourth-order valence-corrected chi connectivity index (χ4v) is 4.34. The van der Waals surface area contributed by atoms with Crippen LogP contribution in [0.4, 0.5) is 0 Å². The molecule has 2 aromatic rings. The highest BCUT2D eigenvalue weighted by Gasteiger charge is 2.49. The van der Waals surface area contributed by atoms with Crippen LogP contribution in [0.25, 0.3) is 11.3 Å². The number of carbonyl (C=O) groups is 2. The van der Waals surface area contributed by atoms with Crippen LogP contribution in [0.1, 0.15) is 43.5 Å². The minimum Gasteiger partial charge on any atom is -0.444 e. The largest absolute Gasteiger partial charge is 0.444 e. The Kier molecular flexibility index (Phi) is 4.50. The number of hydrogen-bond acceptors (Lipinski definition) is 4. The Morgan fingerprint density at radius 1 is 1.19 bits per heavy atom. The van der Waals surface area contributed by atoms with Crippen LogP contribution in [-0.2, 0) is 4.79 Å². The van der Waals surface area contributed by atoms with E-state index < -0.39 is 5.41 Å². The third kappa shape index (κ3) is 3.13. The monoisotopic (exact) mass is 367 g/mol. The van der Waals surface area contributed by atoms with Crippen molar-refractivity contribution >= 4 is 11.8 Å². The Balaban J connectivity index is 1.48. The molecule has 1 aromatic carbocycles. The molecule has 4 rings (SSSR count). The maximum atomic E-state index is 13.0. The third-order valence-electron chi connectivity index (χ3n) is 5.88. The van der Waals surface area contributed by atoms with E-state index in [9.17, 15) is 9.59 Å². The first-order chi connectivity index (χ1) is 13.0. The first-order valence-corrected chi connectivity index (χ1v) is 9.59. The average Bonchev–Trinajstić information content (AvgIpc) is 3.34. The van der Waals surface area contributed by atoms with Gasteiger partial charge in [0.25, 0.3) is 5.91 Å². The molecule has 2 fully saturated rings. The number of carbonyl (C=O) groups excluding carboxylic acids is 2. The molecule has 0 saturated carbocycles. The molecule has 2 amide bonds. The summed E-state index contributed by atoms with van der Waals surface area (Å²) in [5.41, 5.74) is 1.13. The summed E-state index contributed by atoms with van der Waals surface area (Å²) in [6.07, 6.45) is 5.69. The molecular weight excluding hydrogens is 342 g/mol. The van der Waals surface area contributed by atoms with Gasteiger partial charge in [-0.15, -0.1) is 0 Å². The van der Waals surface area contributed by atoms with Crippen LogP contribution in [0.2, 0.25) is 0 Å². The fraction of sp³-hybridized carbons (Fsp3) is 0.476. The molecule has 0 unspecified atom stereocenters. The minimum atomic E-state index is -0.391. The van der Waals surface area contributed by atoms with E-state index in [1.54, 1.807) is 6.20 Å². The zero-order valence-corrected chi connectivity index (χ0v) is 15.9. The van der Waals surface area contributed by atoms with E-state index in [2.05, 4.69) is 18.8 Å². The van der Waals surface area contributed by atoms with Gasteiger partial charge in [0, 0.05) is 36.8 Å². The van der Waals surface area contributed by atoms with Crippen LogP contribution in [-0.4, -0.2) is 52.3 Å². The molecule has 2 saturated heterocycles. The van der Waals surface area contributed by atoms with Gasteiger partial charge in [0.05, 0.1) is 11.6 Å². The summed E-state index contributed by atoms with van der Waals surface area (Å²) in [6.45, 7) is 6.11. The van der Waals surface area contributed by atoms with E-state index in [-0.39, 0.29) is 17.9 Å². The average molecular weight is 367 g/mol. The minimum absolute atomic E-state index is 0.00883. The van der Waals surface area contributed by atoms with Gasteiger partial charge in [-0.2, -0.15) is 0 Å². The number of hydrogen-bond donors (Lipinski definition) is 0. The Hall–Kier alpha value is -2.63. The van der Waals surface area contributed by atoms with Gasteiger partial charge in [0.1, 0.15) is 0 Å². The molecule has 27 heavy (non-hydrogen) atoms. The lowest BCUT2D eigenvalue weighted by atomic mass is 9.78. The van der Waals surface area contributed by atoms with E-state index in [0.29, 0.717) is 24.4 Å². The highest BCUT2D eigenvalue weighted by Crippen LogP contribution is 2.41. The zero-order valence-electron chi connectivity index (χ0n) is 15.9. The van der Waals surface area contributed by atoms with Crippen molar-refractivity contribution in [2.45, 2.75) is 39.2 Å². The van der Waals surface area contributed by atoms with Crippen molar-refractivity contribution < 1.29 is 14.0 Å². The Bertz CT molecular complexity index is 829. The number of aromatic nitrogens is 1. The Morgan fingerprint density at radius 2 is 1.96 bits per heavy atom. The van der Waals surface area contributed by atoms with Gasteiger partial charge in [-0.25, -0.2) is 4.98 Å². The van der Waals surface area contributed by atoms with Gasteiger partial charge < -0.3 is 14.2 Å². The Labute approximate surface area is 159 Å². The quantitative estimate of drug-likeness (QED) is 0.835. The van der Waals surface area contributed by atoms with Crippen molar-refractivity contribution in [3.8, 4) is 11.3 Å². The highest BCUT2D eigenvalue weighted by molar-refractivity contribution is 5.96. The summed E-state index contributed by atoms with van der Waals surface area (Å²) in [5.74, 6) is 0.890. The lowest BCUT2D eigenvalue weighted by molar-refractivity contribution is -0.147. The normalized spacial score (nSPS) is 22.9. The maximum Gasteiger partial charge on any atom is 0.253 e. The molecule has 6 heteroatoms. The molecule has 142 valence electrons. The summed E-state index contributed by atoms with van der Waals surface area (Å²) in [4.78, 5) is 33.7. The summed E-state index contributed by atoms with van der Waals surface area (Å²) < 4.78 is 5.29. The lowest BCUT2D eigenvalue weighted by Gasteiger charge is -2.41. The predicted molar refractivity (Wildman–Crippen MR) is 101 cm³/mol. The summed E-state index contributed by atoms with van der Waals surface area (Å²) >= 11 is 0. The van der Waals surface area contributed by atoms with Gasteiger partial charge in [0.2, 0.25) is 5.91 Å². The van der Waals surface area contributed by atoms with Gasteiger partial charge in [-0.05, 0) is 45.2 Å². The molecule has 1 atom stereocenters. The molecule has 2 aliphatic rings. The van der Waals surface area contributed by atoms with E-state index in [4.69, 9.17) is 4.42 Å². The van der Waals surface area contributed by atoms with Crippen LogP contribution in [0.15, 0.2) is 41.3 Å². The van der Waals surface area contributed by atoms with Gasteiger partial charge in [-0.1, -0.05) is 12.1 Å². The van der Waals surface area contributed by atoms with Gasteiger partial charge >= 0.3 is 0 Å². The summed E-state index contributed by atoms with van der Waals surface area (Å²) in [5, 5.41) is 0.